The number of para-hydroxylation sites is 1. The first-order chi connectivity index (χ1) is 9.11. The van der Waals surface area contributed by atoms with Crippen LogP contribution >= 0.6 is 15.9 Å². The second-order valence-electron chi connectivity index (χ2n) is 4.50. The van der Waals surface area contributed by atoms with E-state index in [-0.39, 0.29) is 11.8 Å². The number of aromatic nitrogens is 1. The number of nitrogens with zero attached hydrogens (tertiary/aromatic N) is 1. The van der Waals surface area contributed by atoms with Crippen molar-refractivity contribution in [2.24, 2.45) is 11.7 Å². The van der Waals surface area contributed by atoms with Crippen LogP contribution in [0.1, 0.15) is 13.3 Å². The summed E-state index contributed by atoms with van der Waals surface area (Å²) in [5, 5.41) is 3.90. The molecular formula is C14H16BrN3O. The van der Waals surface area contributed by atoms with Gasteiger partial charge in [0.05, 0.1) is 11.2 Å². The normalized spacial score (nSPS) is 12.4. The van der Waals surface area contributed by atoms with Gasteiger partial charge in [0.25, 0.3) is 0 Å². The van der Waals surface area contributed by atoms with Crippen molar-refractivity contribution in [1.82, 2.24) is 4.98 Å². The van der Waals surface area contributed by atoms with Crippen LogP contribution in [0.15, 0.2) is 34.9 Å². The number of carbonyl (C=O) groups is 1. The number of carbonyl (C=O) groups excluding carboxylic acids is 1. The summed E-state index contributed by atoms with van der Waals surface area (Å²) < 4.78 is 0.917. The molecule has 1 amide bonds. The van der Waals surface area contributed by atoms with Crippen LogP contribution in [0.25, 0.3) is 10.9 Å². The Morgan fingerprint density at radius 1 is 1.53 bits per heavy atom. The second kappa shape index (κ2) is 6.12. The minimum atomic E-state index is -0.101. The fraction of sp³-hybridized carbons (Fsp3) is 0.286. The fourth-order valence-electron chi connectivity index (χ4n) is 1.87. The van der Waals surface area contributed by atoms with E-state index in [1.807, 2.05) is 31.2 Å². The maximum atomic E-state index is 12.0. The average molecular weight is 322 g/mol. The molecule has 1 atom stereocenters. The molecule has 1 aromatic heterocycles. The Bertz CT molecular complexity index is 600. The van der Waals surface area contributed by atoms with E-state index < -0.39 is 0 Å². The predicted molar refractivity (Wildman–Crippen MR) is 80.9 cm³/mol. The van der Waals surface area contributed by atoms with Gasteiger partial charge in [-0.25, -0.2) is 0 Å². The quantitative estimate of drug-likeness (QED) is 0.909. The van der Waals surface area contributed by atoms with E-state index >= 15 is 0 Å². The van der Waals surface area contributed by atoms with E-state index in [1.165, 1.54) is 0 Å². The van der Waals surface area contributed by atoms with E-state index in [4.69, 9.17) is 5.73 Å². The lowest BCUT2D eigenvalue weighted by molar-refractivity contribution is -0.119. The van der Waals surface area contributed by atoms with Gasteiger partial charge in [0.2, 0.25) is 5.91 Å². The zero-order valence-electron chi connectivity index (χ0n) is 10.7. The third kappa shape index (κ3) is 3.30. The summed E-state index contributed by atoms with van der Waals surface area (Å²) in [6.45, 7) is 2.38. The maximum Gasteiger partial charge on any atom is 0.227 e. The molecule has 0 fully saturated rings. The maximum absolute atomic E-state index is 12.0. The Morgan fingerprint density at radius 3 is 3.05 bits per heavy atom. The van der Waals surface area contributed by atoms with Gasteiger partial charge in [-0.05, 0) is 41.0 Å². The van der Waals surface area contributed by atoms with Crippen molar-refractivity contribution >= 4 is 38.4 Å². The molecule has 19 heavy (non-hydrogen) atoms. The van der Waals surface area contributed by atoms with Crippen LogP contribution in [0, 0.1) is 5.92 Å². The molecule has 0 aliphatic carbocycles. The zero-order chi connectivity index (χ0) is 13.8. The van der Waals surface area contributed by atoms with Gasteiger partial charge >= 0.3 is 0 Å². The third-order valence-electron chi connectivity index (χ3n) is 2.98. The number of nitrogens with one attached hydrogen (secondary N) is 1. The lowest BCUT2D eigenvalue weighted by atomic mass is 10.1. The number of nitrogens with two attached hydrogens (primary N) is 1. The smallest absolute Gasteiger partial charge is 0.227 e. The van der Waals surface area contributed by atoms with Crippen molar-refractivity contribution in [3.63, 3.8) is 0 Å². The molecule has 1 aromatic carbocycles. The highest BCUT2D eigenvalue weighted by molar-refractivity contribution is 9.10. The Hall–Kier alpha value is -1.46. The molecular weight excluding hydrogens is 306 g/mol. The minimum Gasteiger partial charge on any atom is -0.330 e. The first kappa shape index (κ1) is 14.0. The molecule has 2 aromatic rings. The summed E-state index contributed by atoms with van der Waals surface area (Å²) in [7, 11) is 0. The van der Waals surface area contributed by atoms with E-state index in [2.05, 4.69) is 26.2 Å². The van der Waals surface area contributed by atoms with Gasteiger partial charge in [-0.2, -0.15) is 0 Å². The molecule has 100 valence electrons. The molecule has 3 N–H and O–H groups in total. The lowest BCUT2D eigenvalue weighted by Gasteiger charge is -2.12. The summed E-state index contributed by atoms with van der Waals surface area (Å²) in [5.41, 5.74) is 7.00. The molecule has 2 rings (SSSR count). The Morgan fingerprint density at radius 2 is 2.32 bits per heavy atom. The average Bonchev–Trinajstić information content (AvgIpc) is 2.38. The number of fused-ring (bicyclic) bond motifs is 1. The number of anilines is 1. The van der Waals surface area contributed by atoms with E-state index in [0.29, 0.717) is 13.0 Å². The van der Waals surface area contributed by atoms with Crippen LogP contribution in [0.2, 0.25) is 0 Å². The number of hydrogen-bond acceptors (Lipinski definition) is 3. The predicted octanol–water partition coefficient (Wildman–Crippen LogP) is 2.92. The molecule has 4 nitrogen and oxygen atoms in total. The molecule has 0 saturated carbocycles. The summed E-state index contributed by atoms with van der Waals surface area (Å²) in [5.74, 6) is -0.127. The lowest BCUT2D eigenvalue weighted by Crippen LogP contribution is -2.22. The van der Waals surface area contributed by atoms with Gasteiger partial charge in [-0.15, -0.1) is 0 Å². The summed E-state index contributed by atoms with van der Waals surface area (Å²) in [4.78, 5) is 16.4. The molecule has 1 heterocycles. The highest BCUT2D eigenvalue weighted by atomic mass is 79.9. The number of pyridine rings is 1. The Balaban J connectivity index is 2.28. The molecule has 0 saturated heterocycles. The molecule has 0 aliphatic rings. The van der Waals surface area contributed by atoms with Gasteiger partial charge in [0, 0.05) is 22.0 Å². The third-order valence-corrected chi connectivity index (χ3v) is 3.42. The van der Waals surface area contributed by atoms with Gasteiger partial charge in [0.1, 0.15) is 0 Å². The van der Waals surface area contributed by atoms with Gasteiger partial charge in [0.15, 0.2) is 0 Å². The molecule has 5 heteroatoms. The van der Waals surface area contributed by atoms with E-state index in [9.17, 15) is 4.79 Å². The highest BCUT2D eigenvalue weighted by Gasteiger charge is 2.13. The monoisotopic (exact) mass is 321 g/mol. The number of hydrogen-bond donors (Lipinski definition) is 2. The first-order valence-electron chi connectivity index (χ1n) is 6.17. The van der Waals surface area contributed by atoms with Crippen molar-refractivity contribution in [1.29, 1.82) is 0 Å². The van der Waals surface area contributed by atoms with Crippen LogP contribution in [-0.4, -0.2) is 17.4 Å². The van der Waals surface area contributed by atoms with E-state index in [0.717, 1.165) is 21.1 Å². The van der Waals surface area contributed by atoms with Crippen LogP contribution in [0.3, 0.4) is 0 Å². The highest BCUT2D eigenvalue weighted by Crippen LogP contribution is 2.24. The van der Waals surface area contributed by atoms with Crippen LogP contribution < -0.4 is 11.1 Å². The topological polar surface area (TPSA) is 68.0 Å². The fourth-order valence-corrected chi connectivity index (χ4v) is 2.22. The summed E-state index contributed by atoms with van der Waals surface area (Å²) in [6.07, 6.45) is 2.40. The van der Waals surface area contributed by atoms with Crippen molar-refractivity contribution in [3.8, 4) is 0 Å². The van der Waals surface area contributed by atoms with Crippen molar-refractivity contribution < 1.29 is 4.79 Å². The van der Waals surface area contributed by atoms with Crippen LogP contribution in [-0.2, 0) is 4.79 Å². The Kier molecular flexibility index (Phi) is 4.50. The van der Waals surface area contributed by atoms with E-state index in [1.54, 1.807) is 6.20 Å². The summed E-state index contributed by atoms with van der Waals surface area (Å²) >= 11 is 3.39. The SMILES string of the molecule is CC(CCN)C(=O)Nc1cccc2cc(Br)cnc12. The van der Waals surface area contributed by atoms with Crippen molar-refractivity contribution in [2.75, 3.05) is 11.9 Å². The molecule has 0 aliphatic heterocycles. The standard InChI is InChI=1S/C14H16BrN3O/c1-9(5-6-16)14(19)18-12-4-2-3-10-7-11(15)8-17-13(10)12/h2-4,7-9H,5-6,16H2,1H3,(H,18,19). The number of halogens is 1. The number of rotatable bonds is 4. The van der Waals surface area contributed by atoms with Crippen LogP contribution in [0.5, 0.6) is 0 Å². The molecule has 0 bridgehead atoms. The van der Waals surface area contributed by atoms with Crippen LogP contribution in [0.4, 0.5) is 5.69 Å². The Labute approximate surface area is 120 Å². The molecule has 0 spiro atoms. The van der Waals surface area contributed by atoms with Crippen molar-refractivity contribution in [3.05, 3.63) is 34.9 Å². The van der Waals surface area contributed by atoms with Gasteiger partial charge < -0.3 is 11.1 Å². The first-order valence-corrected chi connectivity index (χ1v) is 6.96. The molecule has 1 unspecified atom stereocenters. The van der Waals surface area contributed by atoms with Gasteiger partial charge in [-0.1, -0.05) is 19.1 Å². The minimum absolute atomic E-state index is 0.0253. The summed E-state index contributed by atoms with van der Waals surface area (Å²) in [6, 6.07) is 7.70. The van der Waals surface area contributed by atoms with Gasteiger partial charge in [-0.3, -0.25) is 9.78 Å². The molecule has 0 radical (unpaired) electrons. The van der Waals surface area contributed by atoms with Crippen molar-refractivity contribution in [2.45, 2.75) is 13.3 Å². The largest absolute Gasteiger partial charge is 0.330 e. The second-order valence-corrected chi connectivity index (χ2v) is 5.41. The zero-order valence-corrected chi connectivity index (χ0v) is 12.3. The number of amides is 1. The number of benzene rings is 1.